The zero-order valence-corrected chi connectivity index (χ0v) is 12.7. The maximum atomic E-state index is 11.9. The average molecular weight is 336 g/mol. The number of nitrogens with zero attached hydrogens (tertiary/aromatic N) is 1. The number of carbonyl (C=O) groups excluding carboxylic acids is 1. The molecule has 0 aromatic heterocycles. The predicted molar refractivity (Wildman–Crippen MR) is 86.3 cm³/mol. The summed E-state index contributed by atoms with van der Waals surface area (Å²) in [7, 11) is 0. The molecule has 0 heterocycles. The molecule has 0 saturated heterocycles. The third-order valence-corrected chi connectivity index (χ3v) is 3.45. The summed E-state index contributed by atoms with van der Waals surface area (Å²) < 4.78 is 0. The Morgan fingerprint density at radius 2 is 1.91 bits per heavy atom. The maximum Gasteiger partial charge on any atom is 0.319 e. The van der Waals surface area contributed by atoms with Gasteiger partial charge >= 0.3 is 6.03 Å². The van der Waals surface area contributed by atoms with Crippen LogP contribution in [0, 0.1) is 10.1 Å². The zero-order chi connectivity index (χ0) is 16.8. The van der Waals surface area contributed by atoms with Crippen molar-refractivity contribution in [2.75, 3.05) is 5.32 Å². The predicted octanol–water partition coefficient (Wildman–Crippen LogP) is 3.06. The monoisotopic (exact) mass is 335 g/mol. The molecule has 2 amide bonds. The molecule has 23 heavy (non-hydrogen) atoms. The number of hydrogen-bond donors (Lipinski definition) is 3. The van der Waals surface area contributed by atoms with Crippen molar-refractivity contribution >= 4 is 29.0 Å². The van der Waals surface area contributed by atoms with Crippen LogP contribution in [0.1, 0.15) is 11.1 Å². The molecule has 0 spiro atoms. The van der Waals surface area contributed by atoms with Crippen LogP contribution in [0.5, 0.6) is 0 Å². The molecular weight excluding hydrogens is 322 g/mol. The second kappa shape index (κ2) is 7.57. The molecule has 2 aromatic rings. The highest BCUT2D eigenvalue weighted by atomic mass is 35.5. The van der Waals surface area contributed by atoms with E-state index in [0.717, 1.165) is 11.1 Å². The molecule has 0 fully saturated rings. The normalized spacial score (nSPS) is 10.2. The fourth-order valence-electron chi connectivity index (χ4n) is 1.97. The van der Waals surface area contributed by atoms with Crippen molar-refractivity contribution in [2.24, 2.45) is 0 Å². The Kier molecular flexibility index (Phi) is 5.51. The van der Waals surface area contributed by atoms with Crippen molar-refractivity contribution in [3.63, 3.8) is 0 Å². The Hall–Kier alpha value is -2.64. The molecule has 0 bridgehead atoms. The lowest BCUT2D eigenvalue weighted by molar-refractivity contribution is -0.384. The summed E-state index contributed by atoms with van der Waals surface area (Å²) in [5.41, 5.74) is 1.48. The van der Waals surface area contributed by atoms with E-state index in [1.165, 1.54) is 18.2 Å². The summed E-state index contributed by atoms with van der Waals surface area (Å²) >= 11 is 5.71. The number of hydrogen-bond acceptors (Lipinski definition) is 4. The number of aliphatic hydroxyl groups is 1. The molecular formula is C15H14ClN3O4. The first-order valence-electron chi connectivity index (χ1n) is 6.67. The first-order valence-corrected chi connectivity index (χ1v) is 7.05. The number of halogens is 1. The number of rotatable bonds is 5. The number of anilines is 1. The summed E-state index contributed by atoms with van der Waals surface area (Å²) in [6.07, 6.45) is 0. The molecule has 0 radical (unpaired) electrons. The minimum atomic E-state index is -0.622. The lowest BCUT2D eigenvalue weighted by atomic mass is 10.1. The van der Waals surface area contributed by atoms with Crippen molar-refractivity contribution in [2.45, 2.75) is 13.2 Å². The third-order valence-electron chi connectivity index (χ3n) is 3.13. The number of urea groups is 1. The van der Waals surface area contributed by atoms with Gasteiger partial charge in [-0.1, -0.05) is 35.9 Å². The molecule has 0 atom stereocenters. The second-order valence-corrected chi connectivity index (χ2v) is 5.07. The van der Waals surface area contributed by atoms with Gasteiger partial charge in [0.1, 0.15) is 5.02 Å². The van der Waals surface area contributed by atoms with E-state index in [9.17, 15) is 20.0 Å². The minimum absolute atomic E-state index is 0.00201. The summed E-state index contributed by atoms with van der Waals surface area (Å²) in [5.74, 6) is 0. The SMILES string of the molecule is O=C(NCc1ccccc1CO)Nc1ccc(Cl)c([N+](=O)[O-])c1. The molecule has 2 aromatic carbocycles. The topological polar surface area (TPSA) is 104 Å². The molecule has 2 rings (SSSR count). The number of nitro groups is 1. The number of amides is 2. The van der Waals surface area contributed by atoms with Gasteiger partial charge in [-0.05, 0) is 23.3 Å². The van der Waals surface area contributed by atoms with Crippen molar-refractivity contribution in [3.8, 4) is 0 Å². The lowest BCUT2D eigenvalue weighted by Crippen LogP contribution is -2.28. The fourth-order valence-corrected chi connectivity index (χ4v) is 2.15. The zero-order valence-electron chi connectivity index (χ0n) is 12.0. The Bertz CT molecular complexity index is 736. The number of aliphatic hydroxyl groups excluding tert-OH is 1. The molecule has 0 unspecified atom stereocenters. The standard InChI is InChI=1S/C15H14ClN3O4/c16-13-6-5-12(7-14(13)19(22)23)18-15(21)17-8-10-3-1-2-4-11(10)9-20/h1-7,20H,8-9H2,(H2,17,18,21). The van der Waals surface area contributed by atoms with Crippen LogP contribution in [0.3, 0.4) is 0 Å². The summed E-state index contributed by atoms with van der Waals surface area (Å²) in [6.45, 7) is 0.0983. The molecule has 8 heteroatoms. The number of carbonyl (C=O) groups is 1. The van der Waals surface area contributed by atoms with Gasteiger partial charge in [0, 0.05) is 18.3 Å². The van der Waals surface area contributed by atoms with Crippen LogP contribution >= 0.6 is 11.6 Å². The van der Waals surface area contributed by atoms with Gasteiger partial charge in [-0.3, -0.25) is 10.1 Å². The first-order chi connectivity index (χ1) is 11.0. The number of nitrogens with one attached hydrogen (secondary N) is 2. The van der Waals surface area contributed by atoms with E-state index in [1.54, 1.807) is 24.3 Å². The molecule has 0 aliphatic rings. The van der Waals surface area contributed by atoms with Gasteiger partial charge in [0.25, 0.3) is 5.69 Å². The van der Waals surface area contributed by atoms with E-state index >= 15 is 0 Å². The Balaban J connectivity index is 2.00. The van der Waals surface area contributed by atoms with Crippen LogP contribution in [0.15, 0.2) is 42.5 Å². The maximum absolute atomic E-state index is 11.9. The molecule has 0 aliphatic heterocycles. The van der Waals surface area contributed by atoms with Crippen LogP contribution in [0.4, 0.5) is 16.2 Å². The van der Waals surface area contributed by atoms with Gasteiger partial charge in [0.2, 0.25) is 0 Å². The van der Waals surface area contributed by atoms with Crippen molar-refractivity contribution < 1.29 is 14.8 Å². The first kappa shape index (κ1) is 16.7. The van der Waals surface area contributed by atoms with Crippen LogP contribution in [0.2, 0.25) is 5.02 Å². The quantitative estimate of drug-likeness (QED) is 0.577. The van der Waals surface area contributed by atoms with Crippen molar-refractivity contribution in [1.82, 2.24) is 5.32 Å². The van der Waals surface area contributed by atoms with Crippen LogP contribution in [-0.2, 0) is 13.2 Å². The van der Waals surface area contributed by atoms with Gasteiger partial charge < -0.3 is 15.7 Å². The molecule has 7 nitrogen and oxygen atoms in total. The van der Waals surface area contributed by atoms with E-state index in [2.05, 4.69) is 10.6 Å². The van der Waals surface area contributed by atoms with Crippen LogP contribution in [0.25, 0.3) is 0 Å². The van der Waals surface area contributed by atoms with E-state index < -0.39 is 11.0 Å². The summed E-state index contributed by atoms with van der Waals surface area (Å²) in [4.78, 5) is 22.1. The number of nitro benzene ring substituents is 1. The Morgan fingerprint density at radius 3 is 2.57 bits per heavy atom. The van der Waals surface area contributed by atoms with E-state index in [4.69, 9.17) is 11.6 Å². The third kappa shape index (κ3) is 4.41. The van der Waals surface area contributed by atoms with Crippen molar-refractivity contribution in [3.05, 3.63) is 68.7 Å². The van der Waals surface area contributed by atoms with E-state index in [1.807, 2.05) is 0 Å². The Morgan fingerprint density at radius 1 is 1.22 bits per heavy atom. The second-order valence-electron chi connectivity index (χ2n) is 4.66. The van der Waals surface area contributed by atoms with Gasteiger partial charge in [0.15, 0.2) is 0 Å². The van der Waals surface area contributed by atoms with Crippen LogP contribution in [-0.4, -0.2) is 16.1 Å². The van der Waals surface area contributed by atoms with E-state index in [0.29, 0.717) is 0 Å². The summed E-state index contributed by atoms with van der Waals surface area (Å²) in [6, 6.07) is 10.6. The highest BCUT2D eigenvalue weighted by Gasteiger charge is 2.14. The molecule has 0 saturated carbocycles. The minimum Gasteiger partial charge on any atom is -0.392 e. The largest absolute Gasteiger partial charge is 0.392 e. The van der Waals surface area contributed by atoms with Gasteiger partial charge in [-0.15, -0.1) is 0 Å². The van der Waals surface area contributed by atoms with Gasteiger partial charge in [0.05, 0.1) is 11.5 Å². The molecule has 3 N–H and O–H groups in total. The summed E-state index contributed by atoms with van der Waals surface area (Å²) in [5, 5.41) is 25.1. The molecule has 120 valence electrons. The van der Waals surface area contributed by atoms with Gasteiger partial charge in [-0.2, -0.15) is 0 Å². The fraction of sp³-hybridized carbons (Fsp3) is 0.133. The van der Waals surface area contributed by atoms with Crippen molar-refractivity contribution in [1.29, 1.82) is 0 Å². The number of benzene rings is 2. The smallest absolute Gasteiger partial charge is 0.319 e. The Labute approximate surface area is 137 Å². The molecule has 0 aliphatic carbocycles. The van der Waals surface area contributed by atoms with E-state index in [-0.39, 0.29) is 29.5 Å². The lowest BCUT2D eigenvalue weighted by Gasteiger charge is -2.10. The van der Waals surface area contributed by atoms with Gasteiger partial charge in [-0.25, -0.2) is 4.79 Å². The average Bonchev–Trinajstić information content (AvgIpc) is 2.54. The van der Waals surface area contributed by atoms with Crippen LogP contribution < -0.4 is 10.6 Å². The highest BCUT2D eigenvalue weighted by molar-refractivity contribution is 6.32. The highest BCUT2D eigenvalue weighted by Crippen LogP contribution is 2.27.